The van der Waals surface area contributed by atoms with Gasteiger partial charge in [-0.2, -0.15) is 0 Å². The minimum atomic E-state index is -0.850. The third-order valence-electron chi connectivity index (χ3n) is 4.45. The van der Waals surface area contributed by atoms with Crippen LogP contribution in [0.2, 0.25) is 0 Å². The highest BCUT2D eigenvalue weighted by atomic mass is 16.6. The lowest BCUT2D eigenvalue weighted by Crippen LogP contribution is -2.26. The maximum Gasteiger partial charge on any atom is 0.292 e. The maximum atomic E-state index is 12.4. The number of amides is 1. The van der Waals surface area contributed by atoms with E-state index in [1.54, 1.807) is 27.7 Å². The molecule has 0 heterocycles. The molecule has 0 spiro atoms. The van der Waals surface area contributed by atoms with E-state index in [0.29, 0.717) is 33.5 Å². The number of Topliss-reactive ketones (excluding diaryl/α,β-unsaturated/α-hetero) is 1. The molecule has 28 heavy (non-hydrogen) atoms. The standard InChI is InChI=1S/C19H19N3O6/c1-10-5-14(21(25)26)6-11(2)16(10)9-17(23)19(24)20-18-12(3)7-15(22(27)28)8-13(18)4/h5-8H,9H2,1-4H3,(H,20,24). The number of nitro benzene ring substituents is 2. The summed E-state index contributed by atoms with van der Waals surface area (Å²) in [4.78, 5) is 45.5. The summed E-state index contributed by atoms with van der Waals surface area (Å²) in [6, 6.07) is 5.35. The molecule has 0 saturated carbocycles. The van der Waals surface area contributed by atoms with Gasteiger partial charge in [-0.1, -0.05) is 0 Å². The van der Waals surface area contributed by atoms with Crippen molar-refractivity contribution in [1.29, 1.82) is 0 Å². The normalized spacial score (nSPS) is 10.4. The molecular weight excluding hydrogens is 366 g/mol. The Bertz CT molecular complexity index is 885. The molecule has 0 unspecified atom stereocenters. The van der Waals surface area contributed by atoms with Crippen LogP contribution in [-0.2, 0) is 16.0 Å². The molecule has 0 radical (unpaired) electrons. The number of non-ortho nitro benzene ring substituents is 2. The van der Waals surface area contributed by atoms with E-state index in [1.807, 2.05) is 0 Å². The molecule has 0 aliphatic carbocycles. The van der Waals surface area contributed by atoms with Crippen LogP contribution in [-0.4, -0.2) is 21.5 Å². The first-order chi connectivity index (χ1) is 13.0. The number of carbonyl (C=O) groups is 2. The van der Waals surface area contributed by atoms with Crippen LogP contribution >= 0.6 is 0 Å². The molecule has 0 atom stereocenters. The van der Waals surface area contributed by atoms with Gasteiger partial charge in [-0.15, -0.1) is 0 Å². The summed E-state index contributed by atoms with van der Waals surface area (Å²) in [5, 5.41) is 24.3. The molecule has 2 aromatic carbocycles. The molecule has 2 rings (SSSR count). The molecule has 0 bridgehead atoms. The minimum Gasteiger partial charge on any atom is -0.319 e. The lowest BCUT2D eigenvalue weighted by Gasteiger charge is -2.12. The first-order valence-corrected chi connectivity index (χ1v) is 8.35. The zero-order chi connectivity index (χ0) is 21.2. The lowest BCUT2D eigenvalue weighted by molar-refractivity contribution is -0.385. The number of hydrogen-bond acceptors (Lipinski definition) is 6. The second-order valence-corrected chi connectivity index (χ2v) is 6.58. The van der Waals surface area contributed by atoms with Crippen molar-refractivity contribution >= 4 is 28.8 Å². The van der Waals surface area contributed by atoms with Gasteiger partial charge in [0.2, 0.25) is 5.78 Å². The summed E-state index contributed by atoms with van der Waals surface area (Å²) in [5.74, 6) is -1.56. The Labute approximate surface area is 160 Å². The van der Waals surface area contributed by atoms with E-state index in [-0.39, 0.29) is 17.8 Å². The zero-order valence-corrected chi connectivity index (χ0v) is 15.9. The van der Waals surface area contributed by atoms with Gasteiger partial charge in [0.1, 0.15) is 0 Å². The molecular formula is C19H19N3O6. The van der Waals surface area contributed by atoms with Gasteiger partial charge in [0.05, 0.1) is 9.85 Å². The predicted octanol–water partition coefficient (Wildman–Crippen LogP) is 3.49. The molecule has 2 aromatic rings. The minimum absolute atomic E-state index is 0.0761. The molecule has 9 nitrogen and oxygen atoms in total. The number of aryl methyl sites for hydroxylation is 4. The van der Waals surface area contributed by atoms with Gasteiger partial charge in [0.25, 0.3) is 17.3 Å². The second kappa shape index (κ2) is 7.95. The fourth-order valence-electron chi connectivity index (χ4n) is 3.02. The number of carbonyl (C=O) groups excluding carboxylic acids is 2. The number of nitrogens with zero attached hydrogens (tertiary/aromatic N) is 2. The van der Waals surface area contributed by atoms with Crippen LogP contribution in [0.25, 0.3) is 0 Å². The van der Waals surface area contributed by atoms with Crippen molar-refractivity contribution in [3.63, 3.8) is 0 Å². The Morgan fingerprint density at radius 1 is 0.821 bits per heavy atom. The van der Waals surface area contributed by atoms with Crippen molar-refractivity contribution in [2.75, 3.05) is 5.32 Å². The number of anilines is 1. The van der Waals surface area contributed by atoms with E-state index in [0.717, 1.165) is 0 Å². The average Bonchev–Trinajstić information content (AvgIpc) is 2.60. The summed E-state index contributed by atoms with van der Waals surface area (Å²) in [6.07, 6.45) is -0.202. The number of nitrogens with one attached hydrogen (secondary N) is 1. The van der Waals surface area contributed by atoms with Gasteiger partial charge in [-0.05, 0) is 55.5 Å². The topological polar surface area (TPSA) is 132 Å². The number of nitro groups is 2. The van der Waals surface area contributed by atoms with Gasteiger partial charge in [0.15, 0.2) is 0 Å². The fraction of sp³-hybridized carbons (Fsp3) is 0.263. The highest BCUT2D eigenvalue weighted by Gasteiger charge is 2.21. The Morgan fingerprint density at radius 3 is 1.61 bits per heavy atom. The fourth-order valence-corrected chi connectivity index (χ4v) is 3.02. The average molecular weight is 385 g/mol. The zero-order valence-electron chi connectivity index (χ0n) is 15.9. The molecule has 0 aliphatic rings. The number of rotatable bonds is 6. The summed E-state index contributed by atoms with van der Waals surface area (Å²) >= 11 is 0. The van der Waals surface area contributed by atoms with Gasteiger partial charge in [-0.3, -0.25) is 29.8 Å². The summed E-state index contributed by atoms with van der Waals surface area (Å²) < 4.78 is 0. The van der Waals surface area contributed by atoms with Gasteiger partial charge < -0.3 is 5.32 Å². The van der Waals surface area contributed by atoms with Gasteiger partial charge in [-0.25, -0.2) is 0 Å². The molecule has 0 aromatic heterocycles. The lowest BCUT2D eigenvalue weighted by atomic mass is 9.97. The third-order valence-corrected chi connectivity index (χ3v) is 4.45. The molecule has 0 fully saturated rings. The van der Waals surface area contributed by atoms with Crippen LogP contribution in [0.3, 0.4) is 0 Å². The Kier molecular flexibility index (Phi) is 5.87. The van der Waals surface area contributed by atoms with E-state index in [4.69, 9.17) is 0 Å². The molecule has 146 valence electrons. The van der Waals surface area contributed by atoms with Crippen molar-refractivity contribution in [3.8, 4) is 0 Å². The molecule has 9 heteroatoms. The quantitative estimate of drug-likeness (QED) is 0.460. The first kappa shape index (κ1) is 20.7. The Balaban J connectivity index is 2.22. The summed E-state index contributed by atoms with van der Waals surface area (Å²) in [7, 11) is 0. The van der Waals surface area contributed by atoms with E-state index in [2.05, 4.69) is 5.32 Å². The largest absolute Gasteiger partial charge is 0.319 e. The second-order valence-electron chi connectivity index (χ2n) is 6.58. The smallest absolute Gasteiger partial charge is 0.292 e. The van der Waals surface area contributed by atoms with E-state index >= 15 is 0 Å². The van der Waals surface area contributed by atoms with Crippen molar-refractivity contribution in [2.45, 2.75) is 34.1 Å². The predicted molar refractivity (Wildman–Crippen MR) is 102 cm³/mol. The van der Waals surface area contributed by atoms with Crippen molar-refractivity contribution < 1.29 is 19.4 Å². The maximum absolute atomic E-state index is 12.4. The van der Waals surface area contributed by atoms with Gasteiger partial charge >= 0.3 is 0 Å². The number of hydrogen-bond donors (Lipinski definition) is 1. The SMILES string of the molecule is Cc1cc([N+](=O)[O-])cc(C)c1CC(=O)C(=O)Nc1c(C)cc([N+](=O)[O-])cc1C. The monoisotopic (exact) mass is 385 g/mol. The van der Waals surface area contributed by atoms with Crippen LogP contribution < -0.4 is 5.32 Å². The first-order valence-electron chi connectivity index (χ1n) is 8.35. The molecule has 0 saturated heterocycles. The van der Waals surface area contributed by atoms with E-state index < -0.39 is 21.5 Å². The Morgan fingerprint density at radius 2 is 1.21 bits per heavy atom. The number of ketones is 1. The molecule has 1 amide bonds. The van der Waals surface area contributed by atoms with Crippen molar-refractivity contribution in [3.05, 3.63) is 72.3 Å². The molecule has 0 aliphatic heterocycles. The van der Waals surface area contributed by atoms with Crippen molar-refractivity contribution in [1.82, 2.24) is 0 Å². The number of benzene rings is 2. The van der Waals surface area contributed by atoms with Crippen LogP contribution in [0.4, 0.5) is 17.1 Å². The van der Waals surface area contributed by atoms with E-state index in [1.165, 1.54) is 24.3 Å². The molecule has 1 N–H and O–H groups in total. The van der Waals surface area contributed by atoms with Crippen LogP contribution in [0.15, 0.2) is 24.3 Å². The highest BCUT2D eigenvalue weighted by Crippen LogP contribution is 2.27. The van der Waals surface area contributed by atoms with E-state index in [9.17, 15) is 29.8 Å². The summed E-state index contributed by atoms with van der Waals surface area (Å²) in [6.45, 7) is 6.49. The Hall–Kier alpha value is -3.62. The highest BCUT2D eigenvalue weighted by molar-refractivity contribution is 6.41. The van der Waals surface area contributed by atoms with Crippen LogP contribution in [0.5, 0.6) is 0 Å². The van der Waals surface area contributed by atoms with Crippen LogP contribution in [0.1, 0.15) is 27.8 Å². The van der Waals surface area contributed by atoms with Gasteiger partial charge in [0, 0.05) is 36.4 Å². The summed E-state index contributed by atoms with van der Waals surface area (Å²) in [5.41, 5.74) is 2.77. The van der Waals surface area contributed by atoms with Crippen molar-refractivity contribution in [2.24, 2.45) is 0 Å². The third kappa shape index (κ3) is 4.37. The van der Waals surface area contributed by atoms with Crippen LogP contribution in [0, 0.1) is 47.9 Å².